The second-order valence-corrected chi connectivity index (χ2v) is 5.25. The first-order valence-corrected chi connectivity index (χ1v) is 6.10. The maximum absolute atomic E-state index is 7.66. The quantitative estimate of drug-likeness (QED) is 0.824. The van der Waals surface area contributed by atoms with E-state index in [1.54, 1.807) is 0 Å². The Morgan fingerprint density at radius 3 is 3.00 bits per heavy atom. The van der Waals surface area contributed by atoms with Gasteiger partial charge >= 0.3 is 0 Å². The van der Waals surface area contributed by atoms with Crippen LogP contribution in [-0.2, 0) is 12.4 Å². The third-order valence-corrected chi connectivity index (χ3v) is 3.81. The zero-order valence-corrected chi connectivity index (χ0v) is 10.3. The number of nitrogens with zero attached hydrogens (tertiary/aromatic N) is 3. The SMILES string of the molecule is [2H]C([2H])([2H])n1cnnc1C1(c2cccc(N)c2)CC(C)C1. The predicted molar refractivity (Wildman–Crippen MR) is 71.0 cm³/mol. The monoisotopic (exact) mass is 245 g/mol. The molecule has 3 rings (SSSR count). The highest BCUT2D eigenvalue weighted by Gasteiger charge is 2.48. The molecule has 0 radical (unpaired) electrons. The molecule has 1 aromatic heterocycles. The number of nitrogens with two attached hydrogens (primary N) is 1. The molecular formula is C14H18N4. The van der Waals surface area contributed by atoms with Gasteiger partial charge in [0, 0.05) is 16.8 Å². The Labute approximate surface area is 111 Å². The lowest BCUT2D eigenvalue weighted by molar-refractivity contribution is 0.185. The zero-order chi connectivity index (χ0) is 15.3. The second kappa shape index (κ2) is 3.83. The number of hydrogen-bond donors (Lipinski definition) is 1. The van der Waals surface area contributed by atoms with Crippen molar-refractivity contribution in [2.75, 3.05) is 5.73 Å². The van der Waals surface area contributed by atoms with E-state index in [0.29, 0.717) is 17.4 Å². The molecule has 0 spiro atoms. The van der Waals surface area contributed by atoms with Gasteiger partial charge in [-0.1, -0.05) is 19.1 Å². The van der Waals surface area contributed by atoms with Crippen LogP contribution in [0.4, 0.5) is 5.69 Å². The summed E-state index contributed by atoms with van der Waals surface area (Å²) in [6.07, 6.45) is 3.00. The van der Waals surface area contributed by atoms with Gasteiger partial charge in [-0.3, -0.25) is 0 Å². The Hall–Kier alpha value is -1.84. The van der Waals surface area contributed by atoms with Crippen LogP contribution in [0.15, 0.2) is 30.6 Å². The summed E-state index contributed by atoms with van der Waals surface area (Å²) in [5.41, 5.74) is 7.17. The molecule has 2 N–H and O–H groups in total. The van der Waals surface area contributed by atoms with E-state index < -0.39 is 12.4 Å². The van der Waals surface area contributed by atoms with Crippen molar-refractivity contribution in [2.24, 2.45) is 12.9 Å². The van der Waals surface area contributed by atoms with Gasteiger partial charge in [0.05, 0.1) is 5.41 Å². The third kappa shape index (κ3) is 1.52. The molecule has 1 aromatic carbocycles. The van der Waals surface area contributed by atoms with Gasteiger partial charge in [-0.2, -0.15) is 0 Å². The molecule has 0 bridgehead atoms. The van der Waals surface area contributed by atoms with Crippen LogP contribution in [0.3, 0.4) is 0 Å². The van der Waals surface area contributed by atoms with E-state index >= 15 is 0 Å². The van der Waals surface area contributed by atoms with Crippen LogP contribution >= 0.6 is 0 Å². The molecule has 4 nitrogen and oxygen atoms in total. The normalized spacial score (nSPS) is 30.1. The molecule has 0 saturated heterocycles. The van der Waals surface area contributed by atoms with Crippen LogP contribution in [0.2, 0.25) is 0 Å². The van der Waals surface area contributed by atoms with Gasteiger partial charge in [-0.25, -0.2) is 0 Å². The van der Waals surface area contributed by atoms with Crippen LogP contribution in [-0.4, -0.2) is 14.8 Å². The summed E-state index contributed by atoms with van der Waals surface area (Å²) < 4.78 is 24.2. The molecule has 2 aromatic rings. The molecule has 1 aliphatic carbocycles. The molecule has 0 atom stereocenters. The Balaban J connectivity index is 2.14. The first kappa shape index (κ1) is 8.29. The minimum atomic E-state index is -2.27. The van der Waals surface area contributed by atoms with Crippen LogP contribution in [0.25, 0.3) is 0 Å². The largest absolute Gasteiger partial charge is 0.399 e. The molecule has 1 aliphatic rings. The maximum atomic E-state index is 7.66. The van der Waals surface area contributed by atoms with Crippen molar-refractivity contribution >= 4 is 5.69 Å². The lowest BCUT2D eigenvalue weighted by Crippen LogP contribution is -2.43. The van der Waals surface area contributed by atoms with Crippen LogP contribution in [0.1, 0.15) is 35.3 Å². The smallest absolute Gasteiger partial charge is 0.143 e. The molecule has 4 heteroatoms. The van der Waals surface area contributed by atoms with Crippen molar-refractivity contribution in [1.82, 2.24) is 14.8 Å². The average Bonchev–Trinajstić information content (AvgIpc) is 2.83. The van der Waals surface area contributed by atoms with E-state index in [1.807, 2.05) is 24.3 Å². The lowest BCUT2D eigenvalue weighted by atomic mass is 9.58. The van der Waals surface area contributed by atoms with Gasteiger partial charge in [0.25, 0.3) is 0 Å². The fourth-order valence-electron chi connectivity index (χ4n) is 3.07. The van der Waals surface area contributed by atoms with Crippen molar-refractivity contribution in [2.45, 2.75) is 25.2 Å². The van der Waals surface area contributed by atoms with Crippen molar-refractivity contribution in [3.05, 3.63) is 42.0 Å². The molecule has 18 heavy (non-hydrogen) atoms. The summed E-state index contributed by atoms with van der Waals surface area (Å²) in [6, 6.07) is 7.62. The van der Waals surface area contributed by atoms with Crippen molar-refractivity contribution in [3.8, 4) is 0 Å². The zero-order valence-electron chi connectivity index (χ0n) is 13.3. The summed E-state index contributed by atoms with van der Waals surface area (Å²) >= 11 is 0. The van der Waals surface area contributed by atoms with E-state index in [2.05, 4.69) is 17.1 Å². The van der Waals surface area contributed by atoms with Crippen molar-refractivity contribution < 1.29 is 4.11 Å². The molecule has 94 valence electrons. The fourth-order valence-corrected chi connectivity index (χ4v) is 3.07. The summed E-state index contributed by atoms with van der Waals surface area (Å²) in [5, 5.41) is 7.96. The Morgan fingerprint density at radius 2 is 2.33 bits per heavy atom. The molecule has 1 saturated carbocycles. The molecule has 1 fully saturated rings. The minimum Gasteiger partial charge on any atom is -0.399 e. The van der Waals surface area contributed by atoms with E-state index in [-0.39, 0.29) is 0 Å². The van der Waals surface area contributed by atoms with Gasteiger partial charge < -0.3 is 10.3 Å². The van der Waals surface area contributed by atoms with Crippen molar-refractivity contribution in [1.29, 1.82) is 0 Å². The highest BCUT2D eigenvalue weighted by Crippen LogP contribution is 2.51. The summed E-state index contributed by atoms with van der Waals surface area (Å²) in [7, 11) is 0. The van der Waals surface area contributed by atoms with Gasteiger partial charge in [-0.15, -0.1) is 10.2 Å². The number of aryl methyl sites for hydroxylation is 1. The fraction of sp³-hybridized carbons (Fsp3) is 0.429. The Bertz CT molecular complexity index is 656. The number of rotatable bonds is 2. The van der Waals surface area contributed by atoms with E-state index in [1.165, 1.54) is 10.9 Å². The number of benzene rings is 1. The average molecular weight is 245 g/mol. The van der Waals surface area contributed by atoms with Crippen LogP contribution < -0.4 is 5.73 Å². The van der Waals surface area contributed by atoms with E-state index in [4.69, 9.17) is 9.85 Å². The number of hydrogen-bond acceptors (Lipinski definition) is 3. The predicted octanol–water partition coefficient (Wildman–Crippen LogP) is 2.11. The van der Waals surface area contributed by atoms with Crippen LogP contribution in [0, 0.1) is 5.92 Å². The highest BCUT2D eigenvalue weighted by atomic mass is 15.3. The van der Waals surface area contributed by atoms with Crippen molar-refractivity contribution in [3.63, 3.8) is 0 Å². The number of aromatic nitrogens is 3. The first-order valence-electron chi connectivity index (χ1n) is 7.60. The molecule has 0 unspecified atom stereocenters. The molecule has 0 aliphatic heterocycles. The lowest BCUT2D eigenvalue weighted by Gasteiger charge is -2.46. The van der Waals surface area contributed by atoms with Gasteiger partial charge in [-0.05, 0) is 36.5 Å². The molecule has 1 heterocycles. The summed E-state index contributed by atoms with van der Waals surface area (Å²) in [5.74, 6) is 1.03. The third-order valence-electron chi connectivity index (χ3n) is 3.81. The van der Waals surface area contributed by atoms with E-state index in [9.17, 15) is 0 Å². The highest BCUT2D eigenvalue weighted by molar-refractivity contribution is 5.47. The summed E-state index contributed by atoms with van der Waals surface area (Å²) in [6.45, 7) is -0.119. The van der Waals surface area contributed by atoms with Gasteiger partial charge in [0.1, 0.15) is 12.2 Å². The van der Waals surface area contributed by atoms with E-state index in [0.717, 1.165) is 18.4 Å². The second-order valence-electron chi connectivity index (χ2n) is 5.25. The summed E-state index contributed by atoms with van der Waals surface area (Å²) in [4.78, 5) is 0. The number of anilines is 1. The minimum absolute atomic E-state index is 0.403. The van der Waals surface area contributed by atoms with Crippen LogP contribution in [0.5, 0.6) is 0 Å². The van der Waals surface area contributed by atoms with Gasteiger partial charge in [0.2, 0.25) is 0 Å². The first-order chi connectivity index (χ1) is 9.83. The Morgan fingerprint density at radius 1 is 1.50 bits per heavy atom. The maximum Gasteiger partial charge on any atom is 0.143 e. The Kier molecular flexibility index (Phi) is 1.77. The number of nitrogen functional groups attached to an aromatic ring is 1. The topological polar surface area (TPSA) is 56.7 Å². The van der Waals surface area contributed by atoms with Gasteiger partial charge in [0.15, 0.2) is 0 Å². The standard InChI is InChI=1S/C14H18N4/c1-10-7-14(8-10,13-17-16-9-18(13)2)11-4-3-5-12(15)6-11/h3-6,9-10H,7-8,15H2,1-2H3/i2D3. The molecule has 0 amide bonds. The molecular weight excluding hydrogens is 224 g/mol.